The number of rotatable bonds is 6. The topological polar surface area (TPSA) is 80.8 Å². The minimum absolute atomic E-state index is 0.121. The smallest absolute Gasteiger partial charge is 0.415 e. The Morgan fingerprint density at radius 1 is 1.06 bits per heavy atom. The van der Waals surface area contributed by atoms with Crippen molar-refractivity contribution in [3.8, 4) is 0 Å². The van der Waals surface area contributed by atoms with E-state index in [0.29, 0.717) is 13.0 Å². The van der Waals surface area contributed by atoms with Crippen molar-refractivity contribution >= 4 is 50.3 Å². The van der Waals surface area contributed by atoms with Gasteiger partial charge in [-0.25, -0.2) is 9.59 Å². The minimum Gasteiger partial charge on any atom is -0.444 e. The van der Waals surface area contributed by atoms with E-state index in [1.807, 2.05) is 85.7 Å². The fraction of sp³-hybridized carbons (Fsp3) is 0.500. The van der Waals surface area contributed by atoms with Crippen LogP contribution in [-0.4, -0.2) is 33.8 Å². The third-order valence-corrected chi connectivity index (χ3v) is 7.24. The first-order valence-electron chi connectivity index (χ1n) is 11.6. The first-order chi connectivity index (χ1) is 16.2. The molecule has 0 aliphatic heterocycles. The zero-order chi connectivity index (χ0) is 26.0. The quantitative estimate of drug-likeness (QED) is 0.378. The third-order valence-electron chi connectivity index (χ3n) is 4.93. The van der Waals surface area contributed by atoms with Crippen LogP contribution >= 0.6 is 22.9 Å². The molecule has 9 heteroatoms. The monoisotopic (exact) mass is 517 g/mol. The number of ether oxygens (including phenoxy) is 2. The molecule has 0 radical (unpaired) electrons. The van der Waals surface area contributed by atoms with Gasteiger partial charge in [-0.15, -0.1) is 11.3 Å². The van der Waals surface area contributed by atoms with Crippen LogP contribution in [0, 0.1) is 6.92 Å². The van der Waals surface area contributed by atoms with Gasteiger partial charge in [0.25, 0.3) is 0 Å². The van der Waals surface area contributed by atoms with Gasteiger partial charge in [0, 0.05) is 17.3 Å². The molecule has 0 aliphatic carbocycles. The zero-order valence-corrected chi connectivity index (χ0v) is 23.4. The van der Waals surface area contributed by atoms with Gasteiger partial charge >= 0.3 is 12.2 Å². The number of thiophene rings is 1. The largest absolute Gasteiger partial charge is 0.444 e. The van der Waals surface area contributed by atoms with Crippen LogP contribution in [0.15, 0.2) is 30.3 Å². The maximum Gasteiger partial charge on any atom is 0.415 e. The zero-order valence-electron chi connectivity index (χ0n) is 21.7. The van der Waals surface area contributed by atoms with Gasteiger partial charge in [0.1, 0.15) is 21.7 Å². The fourth-order valence-corrected chi connectivity index (χ4v) is 5.88. The van der Waals surface area contributed by atoms with E-state index in [4.69, 9.17) is 9.47 Å². The van der Waals surface area contributed by atoms with Crippen molar-refractivity contribution in [1.82, 2.24) is 9.69 Å². The first-order valence-corrected chi connectivity index (χ1v) is 13.2. The van der Waals surface area contributed by atoms with Crippen LogP contribution in [0.5, 0.6) is 0 Å². The maximum atomic E-state index is 13.2. The number of hydrogen-bond acceptors (Lipinski definition) is 7. The molecule has 1 N–H and O–H groups in total. The summed E-state index contributed by atoms with van der Waals surface area (Å²) in [4.78, 5) is 28.2. The van der Waals surface area contributed by atoms with E-state index in [9.17, 15) is 9.59 Å². The highest BCUT2D eigenvalue weighted by molar-refractivity contribution is 7.24. The second-order valence-corrected chi connectivity index (χ2v) is 12.5. The van der Waals surface area contributed by atoms with Crippen LogP contribution in [0.2, 0.25) is 0 Å². The van der Waals surface area contributed by atoms with E-state index >= 15 is 0 Å². The molecule has 2 heterocycles. The minimum atomic E-state index is -0.616. The molecular weight excluding hydrogens is 482 g/mol. The predicted molar refractivity (Wildman–Crippen MR) is 144 cm³/mol. The molecule has 0 unspecified atom stereocenters. The number of alkyl carbamates (subject to hydrolysis) is 1. The second kappa shape index (κ2) is 10.5. The van der Waals surface area contributed by atoms with Crippen molar-refractivity contribution in [2.75, 3.05) is 4.90 Å². The maximum absolute atomic E-state index is 13.2. The molecule has 0 aliphatic rings. The predicted octanol–water partition coefficient (Wildman–Crippen LogP) is 7.06. The van der Waals surface area contributed by atoms with Crippen LogP contribution < -0.4 is 10.2 Å². The number of benzene rings is 1. The van der Waals surface area contributed by atoms with Crippen molar-refractivity contribution in [1.29, 1.82) is 0 Å². The Balaban J connectivity index is 1.88. The van der Waals surface area contributed by atoms with Crippen molar-refractivity contribution in [3.05, 3.63) is 46.3 Å². The van der Waals surface area contributed by atoms with Gasteiger partial charge in [-0.1, -0.05) is 30.3 Å². The molecule has 190 valence electrons. The summed E-state index contributed by atoms with van der Waals surface area (Å²) in [5, 5.41) is 3.67. The van der Waals surface area contributed by atoms with Gasteiger partial charge in [-0.3, -0.25) is 4.90 Å². The number of hydrogen-bond donors (Lipinski definition) is 1. The molecule has 7 nitrogen and oxygen atoms in total. The van der Waals surface area contributed by atoms with Gasteiger partial charge in [0.05, 0.1) is 11.2 Å². The summed E-state index contributed by atoms with van der Waals surface area (Å²) in [6.45, 7) is 15.5. The summed E-state index contributed by atoms with van der Waals surface area (Å²) in [5.74, 6) is 0. The highest BCUT2D eigenvalue weighted by atomic mass is 32.1. The number of nitrogens with one attached hydrogen (secondary N) is 1. The van der Waals surface area contributed by atoms with Crippen molar-refractivity contribution in [2.45, 2.75) is 85.6 Å². The fourth-order valence-electron chi connectivity index (χ4n) is 3.44. The lowest BCUT2D eigenvalue weighted by atomic mass is 10.1. The molecule has 0 saturated heterocycles. The molecule has 0 saturated carbocycles. The van der Waals surface area contributed by atoms with E-state index in [2.05, 4.69) is 9.69 Å². The number of anilines is 1. The van der Waals surface area contributed by atoms with Crippen LogP contribution in [0.1, 0.15) is 64.5 Å². The normalized spacial score (nSPS) is 12.9. The SMILES string of the molecule is Cc1c(C[C@H](C)NC(=O)OC(C)(C)C)sc2c(N(Cc3ccccc3)C(=O)OC(C)(C)C)snc12. The van der Waals surface area contributed by atoms with E-state index in [0.717, 1.165) is 31.2 Å². The summed E-state index contributed by atoms with van der Waals surface area (Å²) >= 11 is 2.91. The lowest BCUT2D eigenvalue weighted by molar-refractivity contribution is 0.0507. The summed E-state index contributed by atoms with van der Waals surface area (Å²) in [6, 6.07) is 9.72. The molecule has 0 spiro atoms. The molecule has 1 atom stereocenters. The molecule has 3 aromatic rings. The van der Waals surface area contributed by atoms with Crippen LogP contribution in [0.3, 0.4) is 0 Å². The number of aryl methyl sites for hydroxylation is 1. The Labute approximate surface area is 215 Å². The van der Waals surface area contributed by atoms with Crippen LogP contribution in [0.25, 0.3) is 10.2 Å². The number of aromatic nitrogens is 1. The molecule has 1 aromatic carbocycles. The Kier molecular flexibility index (Phi) is 8.11. The van der Waals surface area contributed by atoms with E-state index < -0.39 is 23.4 Å². The average Bonchev–Trinajstić information content (AvgIpc) is 3.24. The average molecular weight is 518 g/mol. The molecular formula is C26H35N3O4S2. The summed E-state index contributed by atoms with van der Waals surface area (Å²) in [7, 11) is 0. The van der Waals surface area contributed by atoms with Crippen molar-refractivity contribution in [3.63, 3.8) is 0 Å². The number of carbonyl (C=O) groups excluding carboxylic acids is 2. The molecule has 2 aromatic heterocycles. The standard InChI is InChI=1S/C26H35N3O4S2/c1-16(27-23(30)32-25(3,4)5)14-19-17(2)20-21(34-19)22(35-28-20)29(24(31)33-26(6,7)8)15-18-12-10-9-11-13-18/h9-13,16H,14-15H2,1-8H3,(H,27,30)/t16-/m0/s1. The first kappa shape index (κ1) is 26.9. The number of amides is 2. The molecule has 3 rings (SSSR count). The second-order valence-electron chi connectivity index (χ2n) is 10.6. The Morgan fingerprint density at radius 2 is 1.69 bits per heavy atom. The highest BCUT2D eigenvalue weighted by Crippen LogP contribution is 2.41. The lowest BCUT2D eigenvalue weighted by Gasteiger charge is -2.26. The molecule has 0 fully saturated rings. The van der Waals surface area contributed by atoms with Crippen molar-refractivity contribution < 1.29 is 19.1 Å². The molecule has 35 heavy (non-hydrogen) atoms. The van der Waals surface area contributed by atoms with Gasteiger partial charge in [0.2, 0.25) is 0 Å². The Morgan fingerprint density at radius 3 is 2.29 bits per heavy atom. The van der Waals surface area contributed by atoms with Gasteiger partial charge in [0.15, 0.2) is 0 Å². The summed E-state index contributed by atoms with van der Waals surface area (Å²) < 4.78 is 16.8. The van der Waals surface area contributed by atoms with Crippen LogP contribution in [-0.2, 0) is 22.4 Å². The molecule has 0 bridgehead atoms. The van der Waals surface area contributed by atoms with E-state index in [-0.39, 0.29) is 6.04 Å². The van der Waals surface area contributed by atoms with E-state index in [1.165, 1.54) is 11.5 Å². The number of fused-ring (bicyclic) bond motifs is 1. The number of nitrogens with zero attached hydrogens (tertiary/aromatic N) is 2. The van der Waals surface area contributed by atoms with Gasteiger partial charge in [-0.2, -0.15) is 4.37 Å². The third kappa shape index (κ3) is 7.41. The summed E-state index contributed by atoms with van der Waals surface area (Å²) in [5.41, 5.74) is 1.79. The lowest BCUT2D eigenvalue weighted by Crippen LogP contribution is -2.38. The van der Waals surface area contributed by atoms with Crippen LogP contribution in [0.4, 0.5) is 14.6 Å². The number of carbonyl (C=O) groups is 2. The summed E-state index contributed by atoms with van der Waals surface area (Å²) in [6.07, 6.45) is -0.195. The highest BCUT2D eigenvalue weighted by Gasteiger charge is 2.29. The Hall–Kier alpha value is -2.65. The van der Waals surface area contributed by atoms with Gasteiger partial charge in [-0.05, 0) is 78.0 Å². The Bertz CT molecular complexity index is 1170. The van der Waals surface area contributed by atoms with Gasteiger partial charge < -0.3 is 14.8 Å². The van der Waals surface area contributed by atoms with Crippen molar-refractivity contribution in [2.24, 2.45) is 0 Å². The van der Waals surface area contributed by atoms with E-state index in [1.54, 1.807) is 16.2 Å². The molecule has 2 amide bonds.